The fraction of sp³-hybridized carbons (Fsp3) is 0.0938. The van der Waals surface area contributed by atoms with E-state index >= 15 is 0 Å². The first-order valence-corrected chi connectivity index (χ1v) is 14.7. The molecular formula is C32H17N3S3. The number of hydrogen-bond donors (Lipinski definition) is 0. The van der Waals surface area contributed by atoms with Crippen LogP contribution in [-0.4, -0.2) is 0 Å². The summed E-state index contributed by atoms with van der Waals surface area (Å²) in [5.41, 5.74) is 0.609. The van der Waals surface area contributed by atoms with Crippen LogP contribution in [0.15, 0.2) is 40.4 Å². The van der Waals surface area contributed by atoms with Crippen molar-refractivity contribution in [3.8, 4) is 18.2 Å². The Balaban J connectivity index is 1.76. The molecule has 3 aromatic heterocycles. The molecule has 0 amide bonds. The summed E-state index contributed by atoms with van der Waals surface area (Å²) in [6, 6.07) is 16.1. The Morgan fingerprint density at radius 2 is 1.18 bits per heavy atom. The monoisotopic (exact) mass is 539 g/mol. The van der Waals surface area contributed by atoms with Gasteiger partial charge in [-0.1, -0.05) is 6.08 Å². The fourth-order valence-electron chi connectivity index (χ4n) is 5.99. The number of hydrogen-bond acceptors (Lipinski definition) is 6. The zero-order valence-electron chi connectivity index (χ0n) is 20.7. The standard InChI is InChI=1S/C32H17N3S3/c1-4-19-20-5-17-8-23-22(24-12-36-16(3)30(24)32-26(23)14-38-28(32)11-35)7-18(17)6-21(20)25-13-37-27(10-34)31(25)29(19)15(2)9-33/h4-8,12-14H,1-3H3/b19-4-,29-15-. The zero-order valence-corrected chi connectivity index (χ0v) is 23.1. The van der Waals surface area contributed by atoms with Crippen LogP contribution in [0.4, 0.5) is 0 Å². The summed E-state index contributed by atoms with van der Waals surface area (Å²) in [7, 11) is 0. The molecular weight excluding hydrogens is 523 g/mol. The molecule has 0 N–H and O–H groups in total. The number of aryl methyl sites for hydroxylation is 1. The minimum absolute atomic E-state index is 0.609. The van der Waals surface area contributed by atoms with Crippen LogP contribution >= 0.6 is 34.0 Å². The molecule has 0 fully saturated rings. The van der Waals surface area contributed by atoms with Crippen LogP contribution in [0.1, 0.15) is 28.5 Å². The Morgan fingerprint density at radius 1 is 0.684 bits per heavy atom. The zero-order chi connectivity index (χ0) is 26.3. The third kappa shape index (κ3) is 2.84. The molecule has 0 bridgehead atoms. The molecule has 0 saturated carbocycles. The predicted molar refractivity (Wildman–Crippen MR) is 163 cm³/mol. The van der Waals surface area contributed by atoms with Crippen molar-refractivity contribution in [3.05, 3.63) is 65.5 Å². The van der Waals surface area contributed by atoms with E-state index in [4.69, 9.17) is 0 Å². The van der Waals surface area contributed by atoms with Gasteiger partial charge in [-0.25, -0.2) is 0 Å². The van der Waals surface area contributed by atoms with E-state index in [1.54, 1.807) is 11.3 Å². The normalized spacial score (nSPS) is 13.1. The molecule has 7 aromatic rings. The van der Waals surface area contributed by atoms with Crippen molar-refractivity contribution in [2.24, 2.45) is 0 Å². The average Bonchev–Trinajstić information content (AvgIpc) is 3.66. The SMILES string of the molecule is C/C=c1\c(=C(/C)C#N)c2c(C#N)scc2c2cc3cc4c(cc3cc12)c1csc(C#N)c1c1c(C)scc41. The molecule has 0 aliphatic heterocycles. The second-order valence-corrected chi connectivity index (χ2v) is 12.3. The maximum Gasteiger partial charge on any atom is 0.113 e. The lowest BCUT2D eigenvalue weighted by Gasteiger charge is -2.11. The van der Waals surface area contributed by atoms with Crippen LogP contribution in [0, 0.1) is 40.9 Å². The highest BCUT2D eigenvalue weighted by molar-refractivity contribution is 7.13. The van der Waals surface area contributed by atoms with Crippen molar-refractivity contribution in [2.75, 3.05) is 0 Å². The highest BCUT2D eigenvalue weighted by atomic mass is 32.1. The molecule has 0 radical (unpaired) electrons. The summed E-state index contributed by atoms with van der Waals surface area (Å²) in [4.78, 5) is 2.62. The first-order valence-electron chi connectivity index (χ1n) is 12.0. The number of benzene rings is 4. The van der Waals surface area contributed by atoms with E-state index in [9.17, 15) is 15.8 Å². The molecule has 0 saturated heterocycles. The molecule has 4 aromatic carbocycles. The predicted octanol–water partition coefficient (Wildman–Crippen LogP) is 8.34. The fourth-order valence-corrected chi connectivity index (χ4v) is 8.59. The number of nitrogens with zero attached hydrogens (tertiary/aromatic N) is 3. The van der Waals surface area contributed by atoms with Crippen LogP contribution in [-0.2, 0) is 0 Å². The summed E-state index contributed by atoms with van der Waals surface area (Å²) < 4.78 is 0. The van der Waals surface area contributed by atoms with E-state index in [2.05, 4.69) is 71.6 Å². The molecule has 3 heterocycles. The van der Waals surface area contributed by atoms with Gasteiger partial charge < -0.3 is 0 Å². The lowest BCUT2D eigenvalue weighted by Crippen LogP contribution is -2.28. The summed E-state index contributed by atoms with van der Waals surface area (Å²) >= 11 is 4.68. The average molecular weight is 540 g/mol. The van der Waals surface area contributed by atoms with Crippen molar-refractivity contribution in [2.45, 2.75) is 20.8 Å². The van der Waals surface area contributed by atoms with Crippen molar-refractivity contribution in [1.29, 1.82) is 15.8 Å². The first-order chi connectivity index (χ1) is 18.5. The quantitative estimate of drug-likeness (QED) is 0.182. The van der Waals surface area contributed by atoms with Crippen LogP contribution < -0.4 is 10.4 Å². The molecule has 0 atom stereocenters. The lowest BCUT2D eigenvalue weighted by atomic mass is 9.91. The van der Waals surface area contributed by atoms with Gasteiger partial charge >= 0.3 is 0 Å². The Bertz CT molecular complexity index is 2460. The Hall–Kier alpha value is -4.25. The summed E-state index contributed by atoms with van der Waals surface area (Å²) in [6.45, 7) is 5.95. The Labute approximate surface area is 229 Å². The first kappa shape index (κ1) is 22.9. The van der Waals surface area contributed by atoms with Gasteiger partial charge in [0.1, 0.15) is 21.9 Å². The van der Waals surface area contributed by atoms with E-state index < -0.39 is 0 Å². The number of fused-ring (bicyclic) bond motifs is 10. The van der Waals surface area contributed by atoms with E-state index in [1.165, 1.54) is 43.7 Å². The van der Waals surface area contributed by atoms with Crippen LogP contribution in [0.3, 0.4) is 0 Å². The maximum absolute atomic E-state index is 9.88. The number of nitriles is 3. The largest absolute Gasteiger partial charge is 0.193 e. The lowest BCUT2D eigenvalue weighted by molar-refractivity contribution is 1.49. The van der Waals surface area contributed by atoms with Gasteiger partial charge in [-0.2, -0.15) is 15.8 Å². The van der Waals surface area contributed by atoms with Gasteiger partial charge in [0.25, 0.3) is 0 Å². The summed E-state index contributed by atoms with van der Waals surface area (Å²) in [5.74, 6) is 0. The Morgan fingerprint density at radius 3 is 1.76 bits per heavy atom. The van der Waals surface area contributed by atoms with E-state index in [0.717, 1.165) is 63.8 Å². The maximum atomic E-state index is 9.88. The van der Waals surface area contributed by atoms with Crippen molar-refractivity contribution < 1.29 is 0 Å². The second-order valence-electron chi connectivity index (χ2n) is 9.47. The Kier molecular flexibility index (Phi) is 4.90. The summed E-state index contributed by atoms with van der Waals surface area (Å²) in [6.07, 6.45) is 2.05. The molecule has 6 heteroatoms. The topological polar surface area (TPSA) is 71.4 Å². The van der Waals surface area contributed by atoms with Crippen LogP contribution in [0.25, 0.3) is 76.3 Å². The van der Waals surface area contributed by atoms with E-state index in [0.29, 0.717) is 10.5 Å². The number of rotatable bonds is 0. The molecule has 0 aliphatic rings. The third-order valence-electron chi connectivity index (χ3n) is 7.63. The van der Waals surface area contributed by atoms with Gasteiger partial charge in [0.05, 0.1) is 6.07 Å². The van der Waals surface area contributed by atoms with Gasteiger partial charge in [-0.3, -0.25) is 0 Å². The third-order valence-corrected chi connectivity index (χ3v) is 10.3. The van der Waals surface area contributed by atoms with Gasteiger partial charge in [0.2, 0.25) is 0 Å². The van der Waals surface area contributed by atoms with E-state index in [1.807, 2.05) is 13.8 Å². The smallest absolute Gasteiger partial charge is 0.113 e. The highest BCUT2D eigenvalue weighted by Crippen LogP contribution is 2.44. The second kappa shape index (κ2) is 8.12. The van der Waals surface area contributed by atoms with Gasteiger partial charge in [0, 0.05) is 58.7 Å². The molecule has 0 spiro atoms. The van der Waals surface area contributed by atoms with Crippen molar-refractivity contribution in [3.63, 3.8) is 0 Å². The van der Waals surface area contributed by atoms with Crippen LogP contribution in [0.2, 0.25) is 0 Å². The van der Waals surface area contributed by atoms with E-state index in [-0.39, 0.29) is 0 Å². The summed E-state index contributed by atoms with van der Waals surface area (Å²) in [5, 5.41) is 51.0. The van der Waals surface area contributed by atoms with Crippen molar-refractivity contribution >= 4 is 110 Å². The molecule has 7 rings (SSSR count). The van der Waals surface area contributed by atoms with Gasteiger partial charge in [-0.05, 0) is 88.0 Å². The van der Waals surface area contributed by atoms with Crippen LogP contribution in [0.5, 0.6) is 0 Å². The molecule has 38 heavy (non-hydrogen) atoms. The molecule has 0 unspecified atom stereocenters. The minimum atomic E-state index is 0.609. The van der Waals surface area contributed by atoms with Gasteiger partial charge in [0.15, 0.2) is 0 Å². The van der Waals surface area contributed by atoms with Gasteiger partial charge in [-0.15, -0.1) is 34.0 Å². The molecule has 0 aliphatic carbocycles. The molecule has 3 nitrogen and oxygen atoms in total. The number of thiophene rings is 3. The molecule has 178 valence electrons. The highest BCUT2D eigenvalue weighted by Gasteiger charge is 2.18. The van der Waals surface area contributed by atoms with Crippen molar-refractivity contribution in [1.82, 2.24) is 0 Å². The minimum Gasteiger partial charge on any atom is -0.193 e.